The van der Waals surface area contributed by atoms with Gasteiger partial charge in [-0.25, -0.2) is 0 Å². The van der Waals surface area contributed by atoms with Crippen LogP contribution in [0.15, 0.2) is 18.2 Å². The molecule has 0 saturated carbocycles. The summed E-state index contributed by atoms with van der Waals surface area (Å²) in [5, 5.41) is 9.21. The molecule has 1 aromatic carbocycles. The highest BCUT2D eigenvalue weighted by atomic mass is 35.5. The predicted molar refractivity (Wildman–Crippen MR) is 58.7 cm³/mol. The van der Waals surface area contributed by atoms with E-state index in [0.717, 1.165) is 5.56 Å². The number of carbonyl (C=O) groups is 1. The Balaban J connectivity index is 3.02. The van der Waals surface area contributed by atoms with E-state index in [1.807, 2.05) is 13.0 Å². The maximum atomic E-state index is 10.6. The normalized spacial score (nSPS) is 12.2. The first-order valence-corrected chi connectivity index (χ1v) is 4.98. The molecule has 0 saturated heterocycles. The number of carboxylic acid groups (broad SMARTS) is 1. The van der Waals surface area contributed by atoms with Crippen molar-refractivity contribution < 1.29 is 14.6 Å². The number of methoxy groups -OCH3 is 1. The molecule has 1 N–H and O–H groups in total. The van der Waals surface area contributed by atoms with E-state index in [1.54, 1.807) is 12.1 Å². The monoisotopic (exact) mass is 228 g/mol. The van der Waals surface area contributed by atoms with E-state index < -0.39 is 5.97 Å². The zero-order valence-electron chi connectivity index (χ0n) is 8.66. The average Bonchev–Trinajstić information content (AvgIpc) is 2.16. The van der Waals surface area contributed by atoms with Crippen LogP contribution in [-0.4, -0.2) is 18.2 Å². The molecule has 0 amide bonds. The first-order chi connectivity index (χ1) is 7.06. The molecule has 0 aromatic heterocycles. The molecule has 1 aromatic rings. The van der Waals surface area contributed by atoms with Crippen LogP contribution in [0.2, 0.25) is 5.02 Å². The number of benzene rings is 1. The second-order valence-electron chi connectivity index (χ2n) is 3.36. The van der Waals surface area contributed by atoms with Crippen LogP contribution in [-0.2, 0) is 4.79 Å². The van der Waals surface area contributed by atoms with E-state index in [1.165, 1.54) is 7.11 Å². The van der Waals surface area contributed by atoms with E-state index in [0.29, 0.717) is 10.8 Å². The third-order valence-corrected chi connectivity index (χ3v) is 2.51. The molecule has 0 heterocycles. The minimum Gasteiger partial charge on any atom is -0.495 e. The molecule has 0 aliphatic carbocycles. The van der Waals surface area contributed by atoms with Gasteiger partial charge in [0, 0.05) is 0 Å². The number of rotatable bonds is 4. The summed E-state index contributed by atoms with van der Waals surface area (Å²) < 4.78 is 5.15. The van der Waals surface area contributed by atoms with Crippen molar-refractivity contribution in [3.63, 3.8) is 0 Å². The molecule has 1 unspecified atom stereocenters. The van der Waals surface area contributed by atoms with Crippen LogP contribution in [0.25, 0.3) is 0 Å². The Morgan fingerprint density at radius 2 is 2.27 bits per heavy atom. The number of carboxylic acids is 1. The van der Waals surface area contributed by atoms with Crippen molar-refractivity contribution in [1.29, 1.82) is 0 Å². The number of para-hydroxylation sites is 1. The fourth-order valence-electron chi connectivity index (χ4n) is 1.50. The maximum Gasteiger partial charge on any atom is 0.303 e. The van der Waals surface area contributed by atoms with Gasteiger partial charge in [-0.3, -0.25) is 4.79 Å². The Bertz CT molecular complexity index is 363. The van der Waals surface area contributed by atoms with Crippen molar-refractivity contribution >= 4 is 17.6 Å². The zero-order chi connectivity index (χ0) is 11.4. The van der Waals surface area contributed by atoms with Gasteiger partial charge in [0.1, 0.15) is 5.75 Å². The summed E-state index contributed by atoms with van der Waals surface area (Å²) in [6, 6.07) is 5.34. The van der Waals surface area contributed by atoms with Crippen molar-refractivity contribution in [2.45, 2.75) is 19.3 Å². The number of hydrogen-bond donors (Lipinski definition) is 1. The summed E-state index contributed by atoms with van der Waals surface area (Å²) in [6.07, 6.45) is 0.0662. The van der Waals surface area contributed by atoms with Gasteiger partial charge in [-0.15, -0.1) is 0 Å². The Hall–Kier alpha value is -1.22. The van der Waals surface area contributed by atoms with Crippen LogP contribution in [0.5, 0.6) is 5.75 Å². The SMILES string of the molecule is COc1c(Cl)cccc1C(C)CC(=O)O. The lowest BCUT2D eigenvalue weighted by molar-refractivity contribution is -0.137. The molecule has 0 radical (unpaired) electrons. The first-order valence-electron chi connectivity index (χ1n) is 4.60. The highest BCUT2D eigenvalue weighted by molar-refractivity contribution is 6.32. The van der Waals surface area contributed by atoms with Crippen molar-refractivity contribution in [1.82, 2.24) is 0 Å². The summed E-state index contributed by atoms with van der Waals surface area (Å²) in [6.45, 7) is 1.84. The van der Waals surface area contributed by atoms with E-state index in [-0.39, 0.29) is 12.3 Å². The van der Waals surface area contributed by atoms with Crippen molar-refractivity contribution in [2.24, 2.45) is 0 Å². The Morgan fingerprint density at radius 3 is 2.80 bits per heavy atom. The van der Waals surface area contributed by atoms with Crippen LogP contribution >= 0.6 is 11.6 Å². The molecule has 0 aliphatic rings. The van der Waals surface area contributed by atoms with Gasteiger partial charge in [0.25, 0.3) is 0 Å². The molecule has 4 heteroatoms. The third kappa shape index (κ3) is 2.86. The fraction of sp³-hybridized carbons (Fsp3) is 0.364. The van der Waals surface area contributed by atoms with Gasteiger partial charge in [-0.2, -0.15) is 0 Å². The molecule has 0 bridgehead atoms. The lowest BCUT2D eigenvalue weighted by Gasteiger charge is -2.14. The third-order valence-electron chi connectivity index (χ3n) is 2.21. The zero-order valence-corrected chi connectivity index (χ0v) is 9.41. The molecular weight excluding hydrogens is 216 g/mol. The fourth-order valence-corrected chi connectivity index (χ4v) is 1.76. The van der Waals surface area contributed by atoms with Gasteiger partial charge in [0.2, 0.25) is 0 Å². The maximum absolute atomic E-state index is 10.6. The number of ether oxygens (including phenoxy) is 1. The van der Waals surface area contributed by atoms with Crippen LogP contribution in [0.4, 0.5) is 0 Å². The van der Waals surface area contributed by atoms with Crippen molar-refractivity contribution in [2.75, 3.05) is 7.11 Å². The van der Waals surface area contributed by atoms with E-state index in [4.69, 9.17) is 21.4 Å². The molecule has 15 heavy (non-hydrogen) atoms. The van der Waals surface area contributed by atoms with E-state index in [9.17, 15) is 4.79 Å². The van der Waals surface area contributed by atoms with Gasteiger partial charge in [-0.05, 0) is 17.5 Å². The first kappa shape index (κ1) is 11.9. The van der Waals surface area contributed by atoms with Crippen molar-refractivity contribution in [3.05, 3.63) is 28.8 Å². The Morgan fingerprint density at radius 1 is 1.60 bits per heavy atom. The second-order valence-corrected chi connectivity index (χ2v) is 3.77. The number of halogens is 1. The molecule has 0 aliphatic heterocycles. The molecule has 1 atom stereocenters. The summed E-state index contributed by atoms with van der Waals surface area (Å²) >= 11 is 5.94. The molecule has 0 spiro atoms. The second kappa shape index (κ2) is 5.03. The van der Waals surface area contributed by atoms with Gasteiger partial charge in [0.05, 0.1) is 18.6 Å². The molecule has 1 rings (SSSR count). The quantitative estimate of drug-likeness (QED) is 0.862. The molecule has 82 valence electrons. The lowest BCUT2D eigenvalue weighted by atomic mass is 9.97. The highest BCUT2D eigenvalue weighted by Gasteiger charge is 2.16. The summed E-state index contributed by atoms with van der Waals surface area (Å²) in [5.74, 6) is -0.381. The summed E-state index contributed by atoms with van der Waals surface area (Å²) in [4.78, 5) is 10.6. The van der Waals surface area contributed by atoms with Crippen LogP contribution < -0.4 is 4.74 Å². The molecule has 3 nitrogen and oxygen atoms in total. The molecular formula is C11H13ClO3. The highest BCUT2D eigenvalue weighted by Crippen LogP contribution is 2.34. The smallest absolute Gasteiger partial charge is 0.303 e. The largest absolute Gasteiger partial charge is 0.495 e. The van der Waals surface area contributed by atoms with E-state index in [2.05, 4.69) is 0 Å². The topological polar surface area (TPSA) is 46.5 Å². The number of aliphatic carboxylic acids is 1. The minimum absolute atomic E-state index is 0.0662. The van der Waals surface area contributed by atoms with Gasteiger partial charge in [-0.1, -0.05) is 30.7 Å². The Kier molecular flexibility index (Phi) is 3.97. The van der Waals surface area contributed by atoms with E-state index >= 15 is 0 Å². The van der Waals surface area contributed by atoms with Crippen LogP contribution in [0.3, 0.4) is 0 Å². The standard InChI is InChI=1S/C11H13ClO3/c1-7(6-10(13)14)8-4-3-5-9(12)11(8)15-2/h3-5,7H,6H2,1-2H3,(H,13,14). The van der Waals surface area contributed by atoms with Crippen LogP contribution in [0.1, 0.15) is 24.8 Å². The predicted octanol–water partition coefficient (Wildman–Crippen LogP) is 2.93. The van der Waals surface area contributed by atoms with Crippen LogP contribution in [0, 0.1) is 0 Å². The summed E-state index contributed by atoms with van der Waals surface area (Å²) in [7, 11) is 1.53. The Labute approximate surface area is 93.6 Å². The molecule has 0 fully saturated rings. The lowest BCUT2D eigenvalue weighted by Crippen LogP contribution is -2.04. The van der Waals surface area contributed by atoms with Gasteiger partial charge >= 0.3 is 5.97 Å². The average molecular weight is 229 g/mol. The van der Waals surface area contributed by atoms with Gasteiger partial charge in [0.15, 0.2) is 0 Å². The van der Waals surface area contributed by atoms with Gasteiger partial charge < -0.3 is 9.84 Å². The summed E-state index contributed by atoms with van der Waals surface area (Å²) in [5.41, 5.74) is 0.826. The van der Waals surface area contributed by atoms with Crippen molar-refractivity contribution in [3.8, 4) is 5.75 Å². The number of hydrogen-bond acceptors (Lipinski definition) is 2. The minimum atomic E-state index is -0.829.